The van der Waals surface area contributed by atoms with Crippen molar-refractivity contribution in [2.24, 2.45) is 0 Å². The minimum Gasteiger partial charge on any atom is -0.306 e. The van der Waals surface area contributed by atoms with Crippen molar-refractivity contribution in [1.29, 1.82) is 0 Å². The summed E-state index contributed by atoms with van der Waals surface area (Å²) in [5.41, 5.74) is 3.40. The molecule has 0 bridgehead atoms. The van der Waals surface area contributed by atoms with E-state index in [9.17, 15) is 4.79 Å². The zero-order chi connectivity index (χ0) is 15.0. The number of aromatic amines is 1. The maximum absolute atomic E-state index is 11.9. The quantitative estimate of drug-likeness (QED) is 0.782. The number of nitrogens with one attached hydrogen (secondary N) is 1. The van der Waals surface area contributed by atoms with Crippen LogP contribution in [0.5, 0.6) is 0 Å². The fourth-order valence-corrected chi connectivity index (χ4v) is 2.40. The van der Waals surface area contributed by atoms with Gasteiger partial charge >= 0.3 is 0 Å². The smallest absolute Gasteiger partial charge is 0.251 e. The topological polar surface area (TPSA) is 58.6 Å². The number of para-hydroxylation sites is 1. The van der Waals surface area contributed by atoms with Gasteiger partial charge < -0.3 is 4.98 Å². The maximum Gasteiger partial charge on any atom is 0.251 e. The first-order chi connectivity index (χ1) is 10.0. The Balaban J connectivity index is 2.32. The summed E-state index contributed by atoms with van der Waals surface area (Å²) < 4.78 is 0. The van der Waals surface area contributed by atoms with Gasteiger partial charge in [0.25, 0.3) is 5.56 Å². The fourth-order valence-electron chi connectivity index (χ4n) is 2.40. The average molecular weight is 279 g/mol. The molecule has 0 spiro atoms. The molecule has 0 aliphatic rings. The second-order valence-corrected chi connectivity index (χ2v) is 5.50. The van der Waals surface area contributed by atoms with Gasteiger partial charge in [-0.15, -0.1) is 0 Å². The molecular weight excluding hydrogens is 262 g/mol. The van der Waals surface area contributed by atoms with E-state index in [1.807, 2.05) is 51.1 Å². The second-order valence-electron chi connectivity index (χ2n) is 5.50. The minimum absolute atomic E-state index is 0.123. The van der Waals surface area contributed by atoms with Crippen molar-refractivity contribution in [3.8, 4) is 11.4 Å². The lowest BCUT2D eigenvalue weighted by atomic mass is 10.1. The van der Waals surface area contributed by atoms with Gasteiger partial charge in [-0.25, -0.2) is 4.98 Å². The summed E-state index contributed by atoms with van der Waals surface area (Å²) in [6.07, 6.45) is 0. The van der Waals surface area contributed by atoms with Crippen LogP contribution < -0.4 is 5.56 Å². The van der Waals surface area contributed by atoms with Crippen LogP contribution in [-0.4, -0.2) is 15.0 Å². The molecular formula is C17H17N3O. The summed E-state index contributed by atoms with van der Waals surface area (Å²) in [5, 5.41) is 0.993. The number of pyridine rings is 1. The summed E-state index contributed by atoms with van der Waals surface area (Å²) >= 11 is 0. The number of aryl methyl sites for hydroxylation is 1. The Labute approximate surface area is 122 Å². The van der Waals surface area contributed by atoms with Gasteiger partial charge in [-0.2, -0.15) is 0 Å². The number of nitrogens with zero attached hydrogens (tertiary/aromatic N) is 2. The van der Waals surface area contributed by atoms with Gasteiger partial charge in [0, 0.05) is 22.7 Å². The summed E-state index contributed by atoms with van der Waals surface area (Å²) in [4.78, 5) is 23.9. The first-order valence-electron chi connectivity index (χ1n) is 7.02. The molecule has 0 radical (unpaired) electrons. The predicted molar refractivity (Wildman–Crippen MR) is 84.4 cm³/mol. The Morgan fingerprint density at radius 1 is 1.10 bits per heavy atom. The number of hydrogen-bond acceptors (Lipinski definition) is 3. The Morgan fingerprint density at radius 2 is 1.86 bits per heavy atom. The van der Waals surface area contributed by atoms with Gasteiger partial charge in [0.2, 0.25) is 0 Å². The van der Waals surface area contributed by atoms with E-state index in [1.54, 1.807) is 6.07 Å². The summed E-state index contributed by atoms with van der Waals surface area (Å²) in [6.45, 7) is 6.00. The second kappa shape index (κ2) is 5.13. The lowest BCUT2D eigenvalue weighted by molar-refractivity contribution is 0.812. The SMILES string of the molecule is Cc1cc(-c2nc(C(C)C)cc(=O)[nH]2)c2ccccc2n1. The normalized spacial score (nSPS) is 11.2. The summed E-state index contributed by atoms with van der Waals surface area (Å²) in [5.74, 6) is 0.813. The van der Waals surface area contributed by atoms with Crippen LogP contribution in [0.2, 0.25) is 0 Å². The van der Waals surface area contributed by atoms with Crippen molar-refractivity contribution in [1.82, 2.24) is 15.0 Å². The van der Waals surface area contributed by atoms with Gasteiger partial charge in [-0.1, -0.05) is 32.0 Å². The summed E-state index contributed by atoms with van der Waals surface area (Å²) in [7, 11) is 0. The molecule has 0 saturated carbocycles. The number of rotatable bonds is 2. The molecule has 3 rings (SSSR count). The molecule has 21 heavy (non-hydrogen) atoms. The Kier molecular flexibility index (Phi) is 3.29. The van der Waals surface area contributed by atoms with Crippen LogP contribution in [0.25, 0.3) is 22.3 Å². The van der Waals surface area contributed by atoms with E-state index in [1.165, 1.54) is 0 Å². The third kappa shape index (κ3) is 2.57. The molecule has 0 unspecified atom stereocenters. The van der Waals surface area contributed by atoms with Crippen molar-refractivity contribution in [2.45, 2.75) is 26.7 Å². The molecule has 0 atom stereocenters. The van der Waals surface area contributed by atoms with E-state index in [4.69, 9.17) is 0 Å². The van der Waals surface area contributed by atoms with E-state index in [-0.39, 0.29) is 11.5 Å². The van der Waals surface area contributed by atoms with Gasteiger partial charge in [-0.05, 0) is 25.0 Å². The highest BCUT2D eigenvalue weighted by molar-refractivity contribution is 5.92. The van der Waals surface area contributed by atoms with E-state index < -0.39 is 0 Å². The Hall–Kier alpha value is -2.49. The molecule has 106 valence electrons. The highest BCUT2D eigenvalue weighted by Gasteiger charge is 2.11. The first-order valence-corrected chi connectivity index (χ1v) is 7.02. The van der Waals surface area contributed by atoms with Crippen molar-refractivity contribution in [3.63, 3.8) is 0 Å². The molecule has 0 fully saturated rings. The third-order valence-electron chi connectivity index (χ3n) is 3.45. The molecule has 3 aromatic rings. The molecule has 2 heterocycles. The van der Waals surface area contributed by atoms with Gasteiger partial charge in [-0.3, -0.25) is 9.78 Å². The molecule has 4 heteroatoms. The van der Waals surface area contributed by atoms with Crippen molar-refractivity contribution in [2.75, 3.05) is 0 Å². The van der Waals surface area contributed by atoms with Crippen LogP contribution in [0.3, 0.4) is 0 Å². The maximum atomic E-state index is 11.9. The molecule has 1 aromatic carbocycles. The third-order valence-corrected chi connectivity index (χ3v) is 3.45. The number of aromatic nitrogens is 3. The molecule has 4 nitrogen and oxygen atoms in total. The highest BCUT2D eigenvalue weighted by atomic mass is 16.1. The van der Waals surface area contributed by atoms with Crippen LogP contribution >= 0.6 is 0 Å². The highest BCUT2D eigenvalue weighted by Crippen LogP contribution is 2.26. The monoisotopic (exact) mass is 279 g/mol. The molecule has 0 saturated heterocycles. The molecule has 0 amide bonds. The van der Waals surface area contributed by atoms with Crippen molar-refractivity contribution in [3.05, 3.63) is 58.1 Å². The molecule has 0 aliphatic carbocycles. The standard InChI is InChI=1S/C17H17N3O/c1-10(2)15-9-16(21)20-17(19-15)13-8-11(3)18-14-7-5-4-6-12(13)14/h4-10H,1-3H3,(H,19,20,21). The van der Waals surface area contributed by atoms with Crippen LogP contribution in [0.1, 0.15) is 31.2 Å². The number of fused-ring (bicyclic) bond motifs is 1. The van der Waals surface area contributed by atoms with E-state index in [0.29, 0.717) is 5.82 Å². The average Bonchev–Trinajstić information content (AvgIpc) is 2.45. The van der Waals surface area contributed by atoms with Crippen molar-refractivity contribution < 1.29 is 0 Å². The molecule has 2 aromatic heterocycles. The lowest BCUT2D eigenvalue weighted by Gasteiger charge is -2.10. The van der Waals surface area contributed by atoms with Gasteiger partial charge in [0.1, 0.15) is 5.82 Å². The zero-order valence-corrected chi connectivity index (χ0v) is 12.3. The summed E-state index contributed by atoms with van der Waals surface area (Å²) in [6, 6.07) is 11.4. The van der Waals surface area contributed by atoms with E-state index in [2.05, 4.69) is 15.0 Å². The van der Waals surface area contributed by atoms with Crippen LogP contribution in [0, 0.1) is 6.92 Å². The molecule has 0 aliphatic heterocycles. The van der Waals surface area contributed by atoms with Crippen LogP contribution in [0.4, 0.5) is 0 Å². The van der Waals surface area contributed by atoms with Crippen LogP contribution in [0.15, 0.2) is 41.2 Å². The van der Waals surface area contributed by atoms with Gasteiger partial charge in [0.05, 0.1) is 11.2 Å². The van der Waals surface area contributed by atoms with E-state index >= 15 is 0 Å². The predicted octanol–water partition coefficient (Wildman–Crippen LogP) is 3.42. The number of benzene rings is 1. The zero-order valence-electron chi connectivity index (χ0n) is 12.3. The van der Waals surface area contributed by atoms with Crippen LogP contribution in [-0.2, 0) is 0 Å². The van der Waals surface area contributed by atoms with E-state index in [0.717, 1.165) is 27.9 Å². The molecule has 1 N–H and O–H groups in total. The fraction of sp³-hybridized carbons (Fsp3) is 0.235. The Morgan fingerprint density at radius 3 is 2.62 bits per heavy atom. The van der Waals surface area contributed by atoms with Crippen molar-refractivity contribution >= 4 is 10.9 Å². The Bertz CT molecular complexity index is 865. The largest absolute Gasteiger partial charge is 0.306 e. The van der Waals surface area contributed by atoms with Gasteiger partial charge in [0.15, 0.2) is 0 Å². The first kappa shape index (κ1) is 13.5. The number of H-pyrrole nitrogens is 1. The minimum atomic E-state index is -0.123. The number of hydrogen-bond donors (Lipinski definition) is 1. The lowest BCUT2D eigenvalue weighted by Crippen LogP contribution is -2.11.